The van der Waals surface area contributed by atoms with Crippen molar-refractivity contribution in [1.29, 1.82) is 0 Å². The minimum absolute atomic E-state index is 0.0429. The molecule has 0 unspecified atom stereocenters. The summed E-state index contributed by atoms with van der Waals surface area (Å²) >= 11 is 0. The number of hydrogen-bond donors (Lipinski definition) is 3. The van der Waals surface area contributed by atoms with Gasteiger partial charge in [0.25, 0.3) is 0 Å². The molecular formula is C15H23F2N3O2. The van der Waals surface area contributed by atoms with Gasteiger partial charge in [0.1, 0.15) is 5.69 Å². The van der Waals surface area contributed by atoms with E-state index in [9.17, 15) is 18.7 Å². The summed E-state index contributed by atoms with van der Waals surface area (Å²) in [6.07, 6.45) is 0.114. The Hall–Kier alpha value is -1.89. The highest BCUT2D eigenvalue weighted by Crippen LogP contribution is 2.25. The smallest absolute Gasteiger partial charge is 0.319 e. The van der Waals surface area contributed by atoms with Crippen molar-refractivity contribution in [3.63, 3.8) is 0 Å². The van der Waals surface area contributed by atoms with Crippen LogP contribution in [0.25, 0.3) is 0 Å². The van der Waals surface area contributed by atoms with E-state index in [-0.39, 0.29) is 17.3 Å². The number of amides is 2. The van der Waals surface area contributed by atoms with Crippen molar-refractivity contribution in [3.05, 3.63) is 23.8 Å². The second-order valence-corrected chi connectivity index (χ2v) is 5.71. The lowest BCUT2D eigenvalue weighted by atomic mass is 10.1. The minimum Gasteiger partial charge on any atom is -0.393 e. The largest absolute Gasteiger partial charge is 0.393 e. The Morgan fingerprint density at radius 3 is 2.27 bits per heavy atom. The molecule has 0 heterocycles. The van der Waals surface area contributed by atoms with Crippen LogP contribution in [0.2, 0.25) is 0 Å². The van der Waals surface area contributed by atoms with Gasteiger partial charge in [-0.1, -0.05) is 6.92 Å². The first-order valence-corrected chi connectivity index (χ1v) is 7.10. The van der Waals surface area contributed by atoms with E-state index in [1.165, 1.54) is 19.0 Å². The summed E-state index contributed by atoms with van der Waals surface area (Å²) in [5.74, 6) is -1.40. The number of nitrogens with zero attached hydrogens (tertiary/aromatic N) is 1. The lowest BCUT2D eigenvalue weighted by Crippen LogP contribution is -2.33. The summed E-state index contributed by atoms with van der Waals surface area (Å²) < 4.78 is 27.6. The van der Waals surface area contributed by atoms with Gasteiger partial charge in [0, 0.05) is 26.3 Å². The molecule has 0 bridgehead atoms. The number of urea groups is 1. The van der Waals surface area contributed by atoms with Crippen molar-refractivity contribution in [2.75, 3.05) is 30.9 Å². The van der Waals surface area contributed by atoms with Gasteiger partial charge in [-0.3, -0.25) is 0 Å². The molecule has 7 heteroatoms. The highest BCUT2D eigenvalue weighted by Gasteiger charge is 2.14. The van der Waals surface area contributed by atoms with Crippen molar-refractivity contribution in [1.82, 2.24) is 5.32 Å². The number of nitrogens with one attached hydrogen (secondary N) is 2. The van der Waals surface area contributed by atoms with Gasteiger partial charge in [0.05, 0.1) is 6.10 Å². The lowest BCUT2D eigenvalue weighted by molar-refractivity contribution is 0.163. The van der Waals surface area contributed by atoms with Crippen LogP contribution in [0, 0.1) is 17.6 Å². The number of hydrogen-bond acceptors (Lipinski definition) is 3. The van der Waals surface area contributed by atoms with Crippen LogP contribution in [0.5, 0.6) is 0 Å². The first-order chi connectivity index (χ1) is 10.2. The van der Waals surface area contributed by atoms with E-state index in [0.29, 0.717) is 13.0 Å². The van der Waals surface area contributed by atoms with E-state index in [1.807, 2.05) is 6.92 Å². The molecule has 0 saturated heterocycles. The zero-order valence-corrected chi connectivity index (χ0v) is 13.3. The maximum Gasteiger partial charge on any atom is 0.319 e. The number of halogens is 2. The number of aliphatic hydroxyl groups excluding tert-OH is 1. The molecule has 0 aliphatic rings. The van der Waals surface area contributed by atoms with Crippen LogP contribution >= 0.6 is 0 Å². The average molecular weight is 315 g/mol. The third-order valence-electron chi connectivity index (χ3n) is 3.08. The van der Waals surface area contributed by atoms with E-state index in [1.54, 1.807) is 6.92 Å². The van der Waals surface area contributed by atoms with Gasteiger partial charge in [-0.2, -0.15) is 0 Å². The Morgan fingerprint density at radius 2 is 1.82 bits per heavy atom. The molecule has 0 saturated carbocycles. The van der Waals surface area contributed by atoms with Crippen molar-refractivity contribution < 1.29 is 18.7 Å². The van der Waals surface area contributed by atoms with Gasteiger partial charge in [-0.05, 0) is 31.4 Å². The van der Waals surface area contributed by atoms with E-state index in [0.717, 1.165) is 12.1 Å². The van der Waals surface area contributed by atoms with E-state index in [2.05, 4.69) is 10.6 Å². The highest BCUT2D eigenvalue weighted by atomic mass is 19.1. The van der Waals surface area contributed by atoms with E-state index >= 15 is 0 Å². The molecule has 0 aliphatic carbocycles. The van der Waals surface area contributed by atoms with Gasteiger partial charge < -0.3 is 20.6 Å². The van der Waals surface area contributed by atoms with Crippen molar-refractivity contribution >= 4 is 17.4 Å². The molecule has 2 atom stereocenters. The maximum absolute atomic E-state index is 13.8. The van der Waals surface area contributed by atoms with E-state index < -0.39 is 23.8 Å². The third kappa shape index (κ3) is 5.48. The van der Waals surface area contributed by atoms with Gasteiger partial charge in [0.2, 0.25) is 0 Å². The molecule has 0 radical (unpaired) electrons. The molecule has 1 aromatic rings. The summed E-state index contributed by atoms with van der Waals surface area (Å²) in [5.41, 5.74) is -0.113. The van der Waals surface area contributed by atoms with Crippen LogP contribution in [0.15, 0.2) is 12.1 Å². The van der Waals surface area contributed by atoms with Crippen LogP contribution in [-0.2, 0) is 0 Å². The number of anilines is 2. The normalized spacial score (nSPS) is 13.4. The summed E-state index contributed by atoms with van der Waals surface area (Å²) in [5, 5.41) is 14.2. The Morgan fingerprint density at radius 1 is 1.27 bits per heavy atom. The quantitative estimate of drug-likeness (QED) is 0.756. The number of benzene rings is 1. The topological polar surface area (TPSA) is 64.6 Å². The van der Waals surface area contributed by atoms with Gasteiger partial charge in [-0.25, -0.2) is 13.6 Å². The Kier molecular flexibility index (Phi) is 6.55. The predicted molar refractivity (Wildman–Crippen MR) is 83.2 cm³/mol. The molecule has 1 aromatic carbocycles. The Labute approximate surface area is 129 Å². The van der Waals surface area contributed by atoms with Crippen LogP contribution < -0.4 is 15.5 Å². The summed E-state index contributed by atoms with van der Waals surface area (Å²) in [7, 11) is 3.07. The van der Waals surface area contributed by atoms with Crippen molar-refractivity contribution in [2.45, 2.75) is 26.4 Å². The Bertz CT molecular complexity index is 499. The van der Waals surface area contributed by atoms with Gasteiger partial charge >= 0.3 is 6.03 Å². The molecule has 1 rings (SSSR count). The van der Waals surface area contributed by atoms with Crippen LogP contribution in [0.4, 0.5) is 25.0 Å². The number of carbonyl (C=O) groups is 1. The summed E-state index contributed by atoms with van der Waals surface area (Å²) in [6, 6.07) is 1.59. The Balaban J connectivity index is 2.62. The minimum atomic E-state index is -0.747. The molecule has 0 aliphatic heterocycles. The maximum atomic E-state index is 13.8. The summed E-state index contributed by atoms with van der Waals surface area (Å²) in [4.78, 5) is 13.0. The predicted octanol–water partition coefficient (Wildman–Crippen LogP) is 2.56. The number of aliphatic hydroxyl groups is 1. The number of rotatable bonds is 6. The lowest BCUT2D eigenvalue weighted by Gasteiger charge is -2.17. The second-order valence-electron chi connectivity index (χ2n) is 5.71. The first-order valence-electron chi connectivity index (χ1n) is 7.10. The van der Waals surface area contributed by atoms with Crippen LogP contribution in [0.3, 0.4) is 0 Å². The highest BCUT2D eigenvalue weighted by molar-refractivity contribution is 5.89. The third-order valence-corrected chi connectivity index (χ3v) is 3.08. The fourth-order valence-electron chi connectivity index (χ4n) is 2.17. The van der Waals surface area contributed by atoms with Crippen LogP contribution in [-0.4, -0.2) is 37.9 Å². The monoisotopic (exact) mass is 315 g/mol. The average Bonchev–Trinajstić information content (AvgIpc) is 2.34. The number of carbonyl (C=O) groups excluding carboxylic acids is 1. The molecule has 124 valence electrons. The van der Waals surface area contributed by atoms with Gasteiger partial charge in [-0.15, -0.1) is 0 Å². The van der Waals surface area contributed by atoms with Crippen molar-refractivity contribution in [2.24, 2.45) is 5.92 Å². The molecule has 0 aromatic heterocycles. The zero-order valence-electron chi connectivity index (χ0n) is 13.3. The molecule has 0 fully saturated rings. The first kappa shape index (κ1) is 18.2. The summed E-state index contributed by atoms with van der Waals surface area (Å²) in [6.45, 7) is 3.92. The fraction of sp³-hybridized carbons (Fsp3) is 0.533. The second kappa shape index (κ2) is 7.93. The molecular weight excluding hydrogens is 292 g/mol. The molecule has 5 nitrogen and oxygen atoms in total. The fourth-order valence-corrected chi connectivity index (χ4v) is 2.17. The molecule has 0 spiro atoms. The van der Waals surface area contributed by atoms with Crippen LogP contribution in [0.1, 0.15) is 20.3 Å². The molecule has 22 heavy (non-hydrogen) atoms. The van der Waals surface area contributed by atoms with E-state index in [4.69, 9.17) is 0 Å². The molecule has 3 N–H and O–H groups in total. The van der Waals surface area contributed by atoms with Crippen molar-refractivity contribution in [3.8, 4) is 0 Å². The molecule has 2 amide bonds. The standard InChI is InChI=1S/C15H23F2N3O2/c1-9(5-10(2)21)8-18-15(22)19-11-6-12(16)14(20(3)4)13(17)7-11/h6-7,9-10,21H,5,8H2,1-4H3,(H2,18,19,22)/t9-,10-/m1/s1. The zero-order chi connectivity index (χ0) is 16.9. The van der Waals surface area contributed by atoms with Gasteiger partial charge in [0.15, 0.2) is 11.6 Å². The SMILES string of the molecule is C[C@@H](CNC(=O)Nc1cc(F)c(N(C)C)c(F)c1)C[C@@H](C)O.